The third-order valence-corrected chi connectivity index (χ3v) is 2.42. The molecule has 0 saturated heterocycles. The maximum absolute atomic E-state index is 9.52. The number of hydrogen-bond donors (Lipinski definition) is 1. The highest BCUT2D eigenvalue weighted by Crippen LogP contribution is 2.28. The monoisotopic (exact) mass is 192 g/mol. The Morgan fingerprint density at radius 1 is 1.08 bits per heavy atom. The summed E-state index contributed by atoms with van der Waals surface area (Å²) in [4.78, 5) is 0. The molecule has 0 amide bonds. The summed E-state index contributed by atoms with van der Waals surface area (Å²) in [7, 11) is 0. The number of rotatable bonds is 1. The summed E-state index contributed by atoms with van der Waals surface area (Å²) in [5.41, 5.74) is 0.805. The Bertz CT molecular complexity index is 437. The third-order valence-electron chi connectivity index (χ3n) is 2.15. The van der Waals surface area contributed by atoms with Crippen LogP contribution < -0.4 is 0 Å². The van der Waals surface area contributed by atoms with Gasteiger partial charge >= 0.3 is 0 Å². The molecule has 13 heavy (non-hydrogen) atoms. The van der Waals surface area contributed by atoms with Crippen LogP contribution in [0.2, 0.25) is 0 Å². The molecule has 0 aliphatic rings. The van der Waals surface area contributed by atoms with Crippen molar-refractivity contribution >= 4 is 22.4 Å². The van der Waals surface area contributed by atoms with Gasteiger partial charge in [0.1, 0.15) is 5.75 Å². The fourth-order valence-electron chi connectivity index (χ4n) is 1.46. The second-order valence-corrected chi connectivity index (χ2v) is 3.19. The van der Waals surface area contributed by atoms with Gasteiger partial charge < -0.3 is 5.11 Å². The van der Waals surface area contributed by atoms with Crippen LogP contribution >= 0.6 is 11.6 Å². The standard InChI is InChI=1S/C11H9ClO/c12-7-10-9-4-2-1-3-8(9)5-6-11(10)13/h1-6,13H,7H2. The zero-order valence-electron chi connectivity index (χ0n) is 7.00. The van der Waals surface area contributed by atoms with Crippen molar-refractivity contribution in [1.29, 1.82) is 0 Å². The summed E-state index contributed by atoms with van der Waals surface area (Å²) in [5, 5.41) is 11.7. The highest BCUT2D eigenvalue weighted by molar-refractivity contribution is 6.18. The van der Waals surface area contributed by atoms with Crippen LogP contribution in [0.25, 0.3) is 10.8 Å². The number of phenols is 1. The van der Waals surface area contributed by atoms with Crippen LogP contribution in [0.1, 0.15) is 5.56 Å². The predicted octanol–water partition coefficient (Wildman–Crippen LogP) is 3.28. The molecule has 2 rings (SSSR count). The third kappa shape index (κ3) is 1.36. The lowest BCUT2D eigenvalue weighted by Gasteiger charge is -2.05. The lowest BCUT2D eigenvalue weighted by molar-refractivity contribution is 0.471. The first-order chi connectivity index (χ1) is 6.33. The minimum atomic E-state index is 0.272. The molecule has 0 bridgehead atoms. The van der Waals surface area contributed by atoms with E-state index in [4.69, 9.17) is 11.6 Å². The van der Waals surface area contributed by atoms with Gasteiger partial charge in [-0.2, -0.15) is 0 Å². The van der Waals surface area contributed by atoms with Gasteiger partial charge in [0, 0.05) is 5.56 Å². The highest BCUT2D eigenvalue weighted by atomic mass is 35.5. The fraction of sp³-hybridized carbons (Fsp3) is 0.0909. The molecule has 0 radical (unpaired) electrons. The van der Waals surface area contributed by atoms with Crippen molar-refractivity contribution in [2.45, 2.75) is 5.88 Å². The molecule has 0 atom stereocenters. The summed E-state index contributed by atoms with van der Waals surface area (Å²) < 4.78 is 0. The van der Waals surface area contributed by atoms with Crippen LogP contribution in [0, 0.1) is 0 Å². The molecular weight excluding hydrogens is 184 g/mol. The van der Waals surface area contributed by atoms with Crippen molar-refractivity contribution in [3.05, 3.63) is 42.0 Å². The van der Waals surface area contributed by atoms with Gasteiger partial charge in [-0.15, -0.1) is 11.6 Å². The first-order valence-electron chi connectivity index (χ1n) is 4.08. The summed E-state index contributed by atoms with van der Waals surface area (Å²) in [6, 6.07) is 11.5. The molecule has 0 aliphatic carbocycles. The molecule has 2 aromatic carbocycles. The molecule has 0 aromatic heterocycles. The Kier molecular flexibility index (Phi) is 2.11. The van der Waals surface area contributed by atoms with E-state index in [-0.39, 0.29) is 5.75 Å². The molecule has 2 aromatic rings. The molecule has 0 aliphatic heterocycles. The van der Waals surface area contributed by atoms with Gasteiger partial charge in [-0.05, 0) is 16.8 Å². The molecule has 2 heteroatoms. The smallest absolute Gasteiger partial charge is 0.120 e. The number of halogens is 1. The van der Waals surface area contributed by atoms with E-state index in [9.17, 15) is 5.11 Å². The molecule has 0 fully saturated rings. The van der Waals surface area contributed by atoms with Crippen molar-refractivity contribution in [2.24, 2.45) is 0 Å². The Labute approximate surface area is 81.6 Å². The number of fused-ring (bicyclic) bond motifs is 1. The first kappa shape index (κ1) is 8.39. The fourth-order valence-corrected chi connectivity index (χ4v) is 1.75. The SMILES string of the molecule is Oc1ccc2ccccc2c1CCl. The average molecular weight is 193 g/mol. The predicted molar refractivity (Wildman–Crippen MR) is 55.2 cm³/mol. The van der Waals surface area contributed by atoms with Crippen LogP contribution in [0.3, 0.4) is 0 Å². The zero-order chi connectivity index (χ0) is 9.26. The quantitative estimate of drug-likeness (QED) is 0.688. The van der Waals surface area contributed by atoms with Crippen LogP contribution in [0.5, 0.6) is 5.75 Å². The molecule has 0 saturated carbocycles. The lowest BCUT2D eigenvalue weighted by atomic mass is 10.1. The number of benzene rings is 2. The zero-order valence-corrected chi connectivity index (χ0v) is 7.75. The molecule has 1 N–H and O–H groups in total. The first-order valence-corrected chi connectivity index (χ1v) is 4.62. The van der Waals surface area contributed by atoms with E-state index in [0.29, 0.717) is 5.88 Å². The normalized spacial score (nSPS) is 10.5. The van der Waals surface area contributed by atoms with E-state index >= 15 is 0 Å². The van der Waals surface area contributed by atoms with Gasteiger partial charge in [0.05, 0.1) is 5.88 Å². The van der Waals surface area contributed by atoms with Gasteiger partial charge in [0.15, 0.2) is 0 Å². The van der Waals surface area contributed by atoms with Crippen LogP contribution in [0.15, 0.2) is 36.4 Å². The second-order valence-electron chi connectivity index (χ2n) is 2.92. The summed E-state index contributed by atoms with van der Waals surface area (Å²) >= 11 is 5.75. The van der Waals surface area contributed by atoms with Gasteiger partial charge in [-0.1, -0.05) is 30.3 Å². The van der Waals surface area contributed by atoms with Gasteiger partial charge in [-0.25, -0.2) is 0 Å². The molecule has 1 nitrogen and oxygen atoms in total. The van der Waals surface area contributed by atoms with E-state index in [1.165, 1.54) is 0 Å². The molecule has 0 heterocycles. The van der Waals surface area contributed by atoms with Gasteiger partial charge in [0.2, 0.25) is 0 Å². The number of aromatic hydroxyl groups is 1. The van der Waals surface area contributed by atoms with Gasteiger partial charge in [-0.3, -0.25) is 0 Å². The van der Waals surface area contributed by atoms with E-state index in [0.717, 1.165) is 16.3 Å². The molecule has 0 spiro atoms. The Hall–Kier alpha value is -1.21. The maximum atomic E-state index is 9.52. The molecular formula is C11H9ClO. The number of alkyl halides is 1. The van der Waals surface area contributed by atoms with Crippen molar-refractivity contribution in [1.82, 2.24) is 0 Å². The van der Waals surface area contributed by atoms with E-state index in [1.54, 1.807) is 6.07 Å². The average Bonchev–Trinajstić information content (AvgIpc) is 2.18. The minimum absolute atomic E-state index is 0.272. The van der Waals surface area contributed by atoms with E-state index in [2.05, 4.69) is 0 Å². The highest BCUT2D eigenvalue weighted by Gasteiger charge is 2.03. The number of hydrogen-bond acceptors (Lipinski definition) is 1. The molecule has 66 valence electrons. The maximum Gasteiger partial charge on any atom is 0.120 e. The van der Waals surface area contributed by atoms with E-state index in [1.807, 2.05) is 30.3 Å². The van der Waals surface area contributed by atoms with Crippen molar-refractivity contribution in [3.63, 3.8) is 0 Å². The van der Waals surface area contributed by atoms with Crippen molar-refractivity contribution in [2.75, 3.05) is 0 Å². The van der Waals surface area contributed by atoms with E-state index < -0.39 is 0 Å². The largest absolute Gasteiger partial charge is 0.508 e. The summed E-state index contributed by atoms with van der Waals surface area (Å²) in [6.45, 7) is 0. The van der Waals surface area contributed by atoms with Gasteiger partial charge in [0.25, 0.3) is 0 Å². The van der Waals surface area contributed by atoms with Crippen LogP contribution in [-0.2, 0) is 5.88 Å². The topological polar surface area (TPSA) is 20.2 Å². The minimum Gasteiger partial charge on any atom is -0.508 e. The lowest BCUT2D eigenvalue weighted by Crippen LogP contribution is -1.82. The second kappa shape index (κ2) is 3.27. The van der Waals surface area contributed by atoms with Crippen LogP contribution in [0.4, 0.5) is 0 Å². The Balaban J connectivity index is 2.84. The summed E-state index contributed by atoms with van der Waals surface area (Å²) in [6.07, 6.45) is 0. The van der Waals surface area contributed by atoms with Crippen molar-refractivity contribution in [3.8, 4) is 5.75 Å². The van der Waals surface area contributed by atoms with Crippen molar-refractivity contribution < 1.29 is 5.11 Å². The molecule has 0 unspecified atom stereocenters. The number of phenolic OH excluding ortho intramolecular Hbond substituents is 1. The Morgan fingerprint density at radius 2 is 1.85 bits per heavy atom. The van der Waals surface area contributed by atoms with Crippen LogP contribution in [-0.4, -0.2) is 5.11 Å². The summed E-state index contributed by atoms with van der Waals surface area (Å²) in [5.74, 6) is 0.612. The Morgan fingerprint density at radius 3 is 2.62 bits per heavy atom.